The molecule has 1 aliphatic heterocycles. The zero-order valence-corrected chi connectivity index (χ0v) is 13.6. The van der Waals surface area contributed by atoms with Gasteiger partial charge in [0.15, 0.2) is 0 Å². The van der Waals surface area contributed by atoms with Crippen LogP contribution in [0, 0.1) is 0 Å². The summed E-state index contributed by atoms with van der Waals surface area (Å²) in [6.07, 6.45) is 8.60. The topological polar surface area (TPSA) is 70.3 Å². The van der Waals surface area contributed by atoms with Gasteiger partial charge in [-0.05, 0) is 13.3 Å². The highest BCUT2D eigenvalue weighted by atomic mass is 16.3. The number of hydrogen-bond acceptors (Lipinski definition) is 6. The Bertz CT molecular complexity index is 611. The Balaban J connectivity index is 1.57. The van der Waals surface area contributed by atoms with Gasteiger partial charge in [-0.25, -0.2) is 4.98 Å². The normalized spacial score (nSPS) is 16.5. The van der Waals surface area contributed by atoms with Crippen molar-refractivity contribution in [2.75, 3.05) is 31.1 Å². The number of aliphatic hydroxyl groups is 1. The van der Waals surface area contributed by atoms with Crippen molar-refractivity contribution in [1.82, 2.24) is 24.6 Å². The van der Waals surface area contributed by atoms with Crippen LogP contribution in [0.4, 0.5) is 5.82 Å². The fourth-order valence-corrected chi connectivity index (χ4v) is 2.87. The molecule has 7 heteroatoms. The van der Waals surface area contributed by atoms with Crippen molar-refractivity contribution < 1.29 is 5.11 Å². The van der Waals surface area contributed by atoms with E-state index < -0.39 is 0 Å². The molecule has 0 atom stereocenters. The number of nitrogens with zero attached hydrogens (tertiary/aromatic N) is 6. The fraction of sp³-hybridized carbons (Fsp3) is 0.562. The molecule has 1 saturated heterocycles. The SMILES string of the molecule is CCn1cc(CN2CCCN(c3cnc(CO)cn3)CC2)cn1. The predicted molar refractivity (Wildman–Crippen MR) is 88.0 cm³/mol. The standard InChI is InChI=1S/C16H24N6O/c1-2-22-12-14(8-19-22)11-20-4-3-5-21(7-6-20)16-10-17-15(13-23)9-18-16/h8-10,12,23H,2-7,11,13H2,1H3. The molecule has 23 heavy (non-hydrogen) atoms. The molecular formula is C16H24N6O. The molecule has 0 bridgehead atoms. The smallest absolute Gasteiger partial charge is 0.147 e. The van der Waals surface area contributed by atoms with Crippen LogP contribution in [0.5, 0.6) is 0 Å². The van der Waals surface area contributed by atoms with E-state index in [9.17, 15) is 0 Å². The molecule has 1 fully saturated rings. The minimum Gasteiger partial charge on any atom is -0.390 e. The van der Waals surface area contributed by atoms with Gasteiger partial charge in [-0.1, -0.05) is 0 Å². The van der Waals surface area contributed by atoms with E-state index in [-0.39, 0.29) is 6.61 Å². The van der Waals surface area contributed by atoms with Crippen LogP contribution in [0.15, 0.2) is 24.8 Å². The van der Waals surface area contributed by atoms with E-state index in [4.69, 9.17) is 5.11 Å². The Hall–Kier alpha value is -1.99. The molecule has 7 nitrogen and oxygen atoms in total. The van der Waals surface area contributed by atoms with Crippen molar-refractivity contribution in [3.63, 3.8) is 0 Å². The molecule has 3 heterocycles. The average molecular weight is 316 g/mol. The molecule has 2 aromatic heterocycles. The number of aliphatic hydroxyl groups excluding tert-OH is 1. The maximum atomic E-state index is 9.05. The molecule has 1 aliphatic rings. The molecule has 1 N–H and O–H groups in total. The molecule has 0 saturated carbocycles. The Morgan fingerprint density at radius 2 is 2.00 bits per heavy atom. The lowest BCUT2D eigenvalue weighted by Crippen LogP contribution is -2.31. The van der Waals surface area contributed by atoms with E-state index in [0.717, 1.165) is 51.5 Å². The number of rotatable bonds is 5. The highest BCUT2D eigenvalue weighted by Gasteiger charge is 2.17. The van der Waals surface area contributed by atoms with Crippen molar-refractivity contribution >= 4 is 5.82 Å². The second-order valence-electron chi connectivity index (χ2n) is 5.85. The summed E-state index contributed by atoms with van der Waals surface area (Å²) in [6.45, 7) is 7.90. The van der Waals surface area contributed by atoms with Crippen LogP contribution < -0.4 is 4.90 Å². The molecule has 0 spiro atoms. The first kappa shape index (κ1) is 15.9. The molecule has 0 aliphatic carbocycles. The van der Waals surface area contributed by atoms with Gasteiger partial charge in [-0.15, -0.1) is 0 Å². The van der Waals surface area contributed by atoms with Crippen LogP contribution >= 0.6 is 0 Å². The summed E-state index contributed by atoms with van der Waals surface area (Å²) in [5.74, 6) is 0.892. The van der Waals surface area contributed by atoms with Gasteiger partial charge >= 0.3 is 0 Å². The highest BCUT2D eigenvalue weighted by Crippen LogP contribution is 2.14. The molecule has 0 amide bonds. The third-order valence-corrected chi connectivity index (χ3v) is 4.18. The lowest BCUT2D eigenvalue weighted by atomic mass is 10.3. The molecule has 0 radical (unpaired) electrons. The van der Waals surface area contributed by atoms with Gasteiger partial charge in [0.25, 0.3) is 0 Å². The monoisotopic (exact) mass is 316 g/mol. The Labute approximate surface area is 136 Å². The quantitative estimate of drug-likeness (QED) is 0.884. The fourth-order valence-electron chi connectivity index (χ4n) is 2.87. The minimum atomic E-state index is -0.0630. The number of aromatic nitrogens is 4. The third kappa shape index (κ3) is 4.05. The average Bonchev–Trinajstić information content (AvgIpc) is 2.92. The molecule has 2 aromatic rings. The van der Waals surface area contributed by atoms with Gasteiger partial charge in [0.2, 0.25) is 0 Å². The van der Waals surface area contributed by atoms with Crippen LogP contribution in [0.2, 0.25) is 0 Å². The summed E-state index contributed by atoms with van der Waals surface area (Å²) in [4.78, 5) is 13.4. The maximum Gasteiger partial charge on any atom is 0.147 e. The van der Waals surface area contributed by atoms with Crippen LogP contribution in [0.3, 0.4) is 0 Å². The number of hydrogen-bond donors (Lipinski definition) is 1. The summed E-state index contributed by atoms with van der Waals surface area (Å²) >= 11 is 0. The second-order valence-corrected chi connectivity index (χ2v) is 5.85. The molecule has 0 unspecified atom stereocenters. The minimum absolute atomic E-state index is 0.0630. The largest absolute Gasteiger partial charge is 0.390 e. The van der Waals surface area contributed by atoms with Gasteiger partial charge in [0.1, 0.15) is 5.82 Å². The van der Waals surface area contributed by atoms with Crippen LogP contribution in [-0.4, -0.2) is 55.9 Å². The lowest BCUT2D eigenvalue weighted by Gasteiger charge is -2.22. The van der Waals surface area contributed by atoms with E-state index in [1.807, 2.05) is 10.9 Å². The van der Waals surface area contributed by atoms with E-state index >= 15 is 0 Å². The zero-order valence-electron chi connectivity index (χ0n) is 13.6. The molecule has 3 rings (SSSR count). The molecule has 124 valence electrons. The highest BCUT2D eigenvalue weighted by molar-refractivity contribution is 5.36. The van der Waals surface area contributed by atoms with E-state index in [0.29, 0.717) is 5.69 Å². The van der Waals surface area contributed by atoms with Crippen molar-refractivity contribution in [3.05, 3.63) is 36.0 Å². The van der Waals surface area contributed by atoms with Crippen molar-refractivity contribution in [3.8, 4) is 0 Å². The summed E-state index contributed by atoms with van der Waals surface area (Å²) in [6, 6.07) is 0. The molecular weight excluding hydrogens is 292 g/mol. The van der Waals surface area contributed by atoms with Crippen LogP contribution in [-0.2, 0) is 19.7 Å². The second kappa shape index (κ2) is 7.52. The summed E-state index contributed by atoms with van der Waals surface area (Å²) in [7, 11) is 0. The van der Waals surface area contributed by atoms with Crippen molar-refractivity contribution in [2.45, 2.75) is 33.0 Å². The first-order valence-electron chi connectivity index (χ1n) is 8.19. The van der Waals surface area contributed by atoms with Gasteiger partial charge in [-0.2, -0.15) is 5.10 Å². The Morgan fingerprint density at radius 3 is 2.70 bits per heavy atom. The lowest BCUT2D eigenvalue weighted by molar-refractivity contribution is 0.276. The van der Waals surface area contributed by atoms with Gasteiger partial charge in [0, 0.05) is 51.0 Å². The Morgan fingerprint density at radius 1 is 1.09 bits per heavy atom. The van der Waals surface area contributed by atoms with E-state index in [2.05, 4.69) is 38.0 Å². The van der Waals surface area contributed by atoms with Gasteiger partial charge in [-0.3, -0.25) is 14.6 Å². The third-order valence-electron chi connectivity index (χ3n) is 4.18. The summed E-state index contributed by atoms with van der Waals surface area (Å²) in [5, 5.41) is 13.4. The van der Waals surface area contributed by atoms with Crippen molar-refractivity contribution in [1.29, 1.82) is 0 Å². The molecule has 0 aromatic carbocycles. The van der Waals surface area contributed by atoms with E-state index in [1.54, 1.807) is 12.4 Å². The summed E-state index contributed by atoms with van der Waals surface area (Å²) in [5.41, 5.74) is 1.88. The zero-order chi connectivity index (χ0) is 16.1. The number of aryl methyl sites for hydroxylation is 1. The predicted octanol–water partition coefficient (Wildman–Crippen LogP) is 0.898. The maximum absolute atomic E-state index is 9.05. The van der Waals surface area contributed by atoms with Gasteiger partial charge < -0.3 is 10.0 Å². The summed E-state index contributed by atoms with van der Waals surface area (Å²) < 4.78 is 1.97. The van der Waals surface area contributed by atoms with Crippen molar-refractivity contribution in [2.24, 2.45) is 0 Å². The van der Waals surface area contributed by atoms with Gasteiger partial charge in [0.05, 0.1) is 30.9 Å². The van der Waals surface area contributed by atoms with E-state index in [1.165, 1.54) is 5.56 Å². The van der Waals surface area contributed by atoms with Crippen LogP contribution in [0.25, 0.3) is 0 Å². The Kier molecular flexibility index (Phi) is 5.19. The first-order chi connectivity index (χ1) is 11.3. The number of anilines is 1. The first-order valence-corrected chi connectivity index (χ1v) is 8.19. The van der Waals surface area contributed by atoms with Crippen LogP contribution in [0.1, 0.15) is 24.6 Å².